The van der Waals surface area contributed by atoms with Crippen LogP contribution < -0.4 is 5.32 Å². The van der Waals surface area contributed by atoms with Crippen molar-refractivity contribution in [2.45, 2.75) is 5.22 Å². The summed E-state index contributed by atoms with van der Waals surface area (Å²) in [6.07, 6.45) is 0. The van der Waals surface area contributed by atoms with Gasteiger partial charge >= 0.3 is 0 Å². The maximum Gasteiger partial charge on any atom is 0.277 e. The van der Waals surface area contributed by atoms with Crippen LogP contribution >= 0.6 is 23.4 Å². The molecule has 0 aliphatic rings. The van der Waals surface area contributed by atoms with Gasteiger partial charge < -0.3 is 9.73 Å². The van der Waals surface area contributed by atoms with Crippen LogP contribution in [0.5, 0.6) is 0 Å². The molecular weight excluding hydrogens is 399 g/mol. The molecule has 0 spiro atoms. The Morgan fingerprint density at radius 3 is 2.70 bits per heavy atom. The summed E-state index contributed by atoms with van der Waals surface area (Å²) in [5, 5.41) is 21.4. The Morgan fingerprint density at radius 1 is 1.26 bits per heavy atom. The number of benzene rings is 2. The lowest BCUT2D eigenvalue weighted by atomic mass is 10.2. The van der Waals surface area contributed by atoms with Crippen molar-refractivity contribution in [3.05, 3.63) is 63.4 Å². The van der Waals surface area contributed by atoms with E-state index in [1.807, 2.05) is 0 Å². The summed E-state index contributed by atoms with van der Waals surface area (Å²) < 4.78 is 19.1. The molecule has 8 nitrogen and oxygen atoms in total. The van der Waals surface area contributed by atoms with E-state index in [-0.39, 0.29) is 28.2 Å². The number of rotatable bonds is 6. The van der Waals surface area contributed by atoms with Gasteiger partial charge in [-0.2, -0.15) is 0 Å². The Labute approximate surface area is 160 Å². The Balaban J connectivity index is 1.61. The zero-order valence-electron chi connectivity index (χ0n) is 13.4. The van der Waals surface area contributed by atoms with Gasteiger partial charge in [-0.1, -0.05) is 23.4 Å². The average molecular weight is 409 g/mol. The highest BCUT2D eigenvalue weighted by Crippen LogP contribution is 2.25. The third-order valence-electron chi connectivity index (χ3n) is 3.26. The number of thioether (sulfide) groups is 1. The van der Waals surface area contributed by atoms with Gasteiger partial charge in [0.05, 0.1) is 16.4 Å². The number of nitrogens with one attached hydrogen (secondary N) is 1. The van der Waals surface area contributed by atoms with Crippen LogP contribution in [-0.4, -0.2) is 26.8 Å². The van der Waals surface area contributed by atoms with E-state index in [9.17, 15) is 19.3 Å². The molecule has 0 aliphatic heterocycles. The molecule has 0 bridgehead atoms. The molecule has 0 fully saturated rings. The molecule has 0 saturated carbocycles. The normalized spacial score (nSPS) is 10.6. The van der Waals surface area contributed by atoms with Gasteiger partial charge in [0, 0.05) is 22.7 Å². The van der Waals surface area contributed by atoms with Crippen LogP contribution in [0.1, 0.15) is 0 Å². The van der Waals surface area contributed by atoms with E-state index < -0.39 is 16.6 Å². The van der Waals surface area contributed by atoms with Gasteiger partial charge in [0.1, 0.15) is 5.82 Å². The van der Waals surface area contributed by atoms with E-state index in [0.29, 0.717) is 10.6 Å². The zero-order chi connectivity index (χ0) is 19.4. The quantitative estimate of drug-likeness (QED) is 0.370. The Kier molecular flexibility index (Phi) is 5.67. The van der Waals surface area contributed by atoms with Crippen LogP contribution in [0.25, 0.3) is 11.5 Å². The van der Waals surface area contributed by atoms with Crippen LogP contribution in [0, 0.1) is 15.9 Å². The van der Waals surface area contributed by atoms with Gasteiger partial charge in [0.15, 0.2) is 0 Å². The maximum atomic E-state index is 13.7. The lowest BCUT2D eigenvalue weighted by molar-refractivity contribution is -0.384. The first-order chi connectivity index (χ1) is 12.9. The number of hydrogen-bond acceptors (Lipinski definition) is 7. The topological polar surface area (TPSA) is 111 Å². The molecule has 11 heteroatoms. The van der Waals surface area contributed by atoms with Gasteiger partial charge in [-0.3, -0.25) is 14.9 Å². The summed E-state index contributed by atoms with van der Waals surface area (Å²) >= 11 is 6.76. The van der Waals surface area contributed by atoms with Gasteiger partial charge in [-0.05, 0) is 30.3 Å². The molecule has 0 saturated heterocycles. The van der Waals surface area contributed by atoms with Crippen LogP contribution in [-0.2, 0) is 4.79 Å². The first kappa shape index (κ1) is 18.8. The Morgan fingerprint density at radius 2 is 2.00 bits per heavy atom. The second kappa shape index (κ2) is 8.14. The molecule has 0 unspecified atom stereocenters. The van der Waals surface area contributed by atoms with E-state index in [2.05, 4.69) is 15.5 Å². The predicted molar refractivity (Wildman–Crippen MR) is 97.2 cm³/mol. The highest BCUT2D eigenvalue weighted by molar-refractivity contribution is 7.99. The SMILES string of the molecule is O=C(CSc1nnc(-c2ccc(Cl)cc2)o1)Nc1cc([N+](=O)[O-])ccc1F. The van der Waals surface area contributed by atoms with Crippen LogP contribution in [0.3, 0.4) is 0 Å². The van der Waals surface area contributed by atoms with E-state index in [4.69, 9.17) is 16.0 Å². The number of nitro groups is 1. The standard InChI is InChI=1S/C16H10ClFN4O4S/c17-10-3-1-9(2-4-10)15-20-21-16(26-15)27-8-14(23)19-13-7-11(22(24)25)5-6-12(13)18/h1-7H,8H2,(H,19,23). The minimum atomic E-state index is -0.776. The fourth-order valence-electron chi connectivity index (χ4n) is 2.01. The molecule has 0 radical (unpaired) electrons. The molecule has 1 amide bonds. The summed E-state index contributed by atoms with van der Waals surface area (Å²) in [5.74, 6) is -1.24. The first-order valence-corrected chi connectivity index (χ1v) is 8.75. The summed E-state index contributed by atoms with van der Waals surface area (Å²) in [5.41, 5.74) is 0.0629. The van der Waals surface area contributed by atoms with Crippen molar-refractivity contribution in [2.24, 2.45) is 0 Å². The van der Waals surface area contributed by atoms with E-state index >= 15 is 0 Å². The van der Waals surface area contributed by atoms with Crippen molar-refractivity contribution < 1.29 is 18.5 Å². The second-order valence-corrected chi connectivity index (χ2v) is 6.50. The van der Waals surface area contributed by atoms with Crippen LogP contribution in [0.2, 0.25) is 5.02 Å². The van der Waals surface area contributed by atoms with E-state index in [1.165, 1.54) is 0 Å². The van der Waals surface area contributed by atoms with Gasteiger partial charge in [0.2, 0.25) is 11.8 Å². The van der Waals surface area contributed by atoms with E-state index in [1.54, 1.807) is 24.3 Å². The summed E-state index contributed by atoms with van der Waals surface area (Å²) in [4.78, 5) is 22.0. The second-order valence-electron chi connectivity index (χ2n) is 5.14. The number of aromatic nitrogens is 2. The molecule has 2 aromatic carbocycles. The maximum absolute atomic E-state index is 13.7. The number of anilines is 1. The average Bonchev–Trinajstić information content (AvgIpc) is 3.11. The van der Waals surface area contributed by atoms with Crippen molar-refractivity contribution in [1.82, 2.24) is 10.2 Å². The molecule has 27 heavy (non-hydrogen) atoms. The molecule has 3 rings (SSSR count). The number of nitro benzene ring substituents is 1. The number of nitrogens with zero attached hydrogens (tertiary/aromatic N) is 3. The van der Waals surface area contributed by atoms with Crippen LogP contribution in [0.15, 0.2) is 52.1 Å². The minimum absolute atomic E-state index is 0.148. The molecular formula is C16H10ClFN4O4S. The first-order valence-electron chi connectivity index (χ1n) is 7.38. The number of halogens is 2. The number of carbonyl (C=O) groups excluding carboxylic acids is 1. The molecule has 1 heterocycles. The lowest BCUT2D eigenvalue weighted by Gasteiger charge is -2.05. The predicted octanol–water partition coefficient (Wildman–Crippen LogP) is 4.17. The van der Waals surface area contributed by atoms with Crippen molar-refractivity contribution in [2.75, 3.05) is 11.1 Å². The third kappa shape index (κ3) is 4.80. The van der Waals surface area contributed by atoms with Gasteiger partial charge in [-0.15, -0.1) is 10.2 Å². The number of carbonyl (C=O) groups is 1. The van der Waals surface area contributed by atoms with Crippen molar-refractivity contribution in [3.63, 3.8) is 0 Å². The fraction of sp³-hybridized carbons (Fsp3) is 0.0625. The highest BCUT2D eigenvalue weighted by atomic mass is 35.5. The highest BCUT2D eigenvalue weighted by Gasteiger charge is 2.15. The zero-order valence-corrected chi connectivity index (χ0v) is 15.0. The number of amides is 1. The minimum Gasteiger partial charge on any atom is -0.411 e. The lowest BCUT2D eigenvalue weighted by Crippen LogP contribution is -2.15. The molecule has 138 valence electrons. The summed E-state index contributed by atoms with van der Waals surface area (Å²) in [6.45, 7) is 0. The largest absolute Gasteiger partial charge is 0.411 e. The number of non-ortho nitro benzene ring substituents is 1. The van der Waals surface area contributed by atoms with Crippen molar-refractivity contribution >= 4 is 40.6 Å². The van der Waals surface area contributed by atoms with Crippen molar-refractivity contribution in [3.8, 4) is 11.5 Å². The van der Waals surface area contributed by atoms with Crippen molar-refractivity contribution in [1.29, 1.82) is 0 Å². The third-order valence-corrected chi connectivity index (χ3v) is 4.33. The Hall–Kier alpha value is -2.98. The monoisotopic (exact) mass is 408 g/mol. The van der Waals surface area contributed by atoms with Gasteiger partial charge in [0.25, 0.3) is 10.9 Å². The number of hydrogen-bond donors (Lipinski definition) is 1. The van der Waals surface area contributed by atoms with Crippen LogP contribution in [0.4, 0.5) is 15.8 Å². The molecule has 1 aromatic heterocycles. The molecule has 1 N–H and O–H groups in total. The molecule has 0 aliphatic carbocycles. The molecule has 3 aromatic rings. The summed E-state index contributed by atoms with van der Waals surface area (Å²) in [6, 6.07) is 9.64. The molecule has 0 atom stereocenters. The van der Waals surface area contributed by atoms with Gasteiger partial charge in [-0.25, -0.2) is 4.39 Å². The Bertz CT molecular complexity index is 996. The fourth-order valence-corrected chi connectivity index (χ4v) is 2.70. The van der Waals surface area contributed by atoms with E-state index in [0.717, 1.165) is 30.0 Å². The summed E-state index contributed by atoms with van der Waals surface area (Å²) in [7, 11) is 0. The smallest absolute Gasteiger partial charge is 0.277 e.